The third kappa shape index (κ3) is 12.5. The second-order valence-corrected chi connectivity index (χ2v) is 25.3. The molecule has 0 aromatic rings. The van der Waals surface area contributed by atoms with Crippen molar-refractivity contribution in [2.45, 2.75) is 146 Å². The Morgan fingerprint density at radius 3 is 1.00 bits per heavy atom. The van der Waals surface area contributed by atoms with Crippen LogP contribution in [0.2, 0.25) is 47.3 Å². The van der Waals surface area contributed by atoms with Crippen LogP contribution in [0, 0.1) is 0 Å². The highest BCUT2D eigenvalue weighted by Crippen LogP contribution is 2.46. The number of aliphatic hydroxyl groups excluding tert-OH is 4. The molecule has 0 fully saturated rings. The minimum absolute atomic E-state index is 0.0887. The predicted octanol–water partition coefficient (Wildman–Crippen LogP) is 6.21. The van der Waals surface area contributed by atoms with Gasteiger partial charge in [0, 0.05) is 39.6 Å². The van der Waals surface area contributed by atoms with Crippen molar-refractivity contribution in [1.82, 2.24) is 0 Å². The van der Waals surface area contributed by atoms with Crippen molar-refractivity contribution in [2.24, 2.45) is 0 Å². The molecule has 0 saturated heterocycles. The maximum Gasteiger partial charge on any atom is 0.0626 e. The number of rotatable bonds is 22. The molecule has 0 amide bonds. The van der Waals surface area contributed by atoms with Crippen LogP contribution >= 0.6 is 0 Å². The Morgan fingerprint density at radius 1 is 0.486 bits per heavy atom. The van der Waals surface area contributed by atoms with Crippen molar-refractivity contribution >= 4 is 16.1 Å². The van der Waals surface area contributed by atoms with Gasteiger partial charge in [-0.05, 0) is 94.1 Å². The molecule has 0 aromatic carbocycles. The van der Waals surface area contributed by atoms with Crippen LogP contribution < -0.4 is 0 Å². The van der Waals surface area contributed by atoms with E-state index in [1.54, 1.807) is 0 Å². The van der Waals surface area contributed by atoms with E-state index in [1.165, 1.54) is 0 Å². The molecule has 0 bridgehead atoms. The van der Waals surface area contributed by atoms with E-state index in [1.807, 2.05) is 0 Å². The molecule has 0 unspecified atom stereocenters. The average Bonchev–Trinajstić information content (AvgIpc) is 2.73. The Morgan fingerprint density at radius 2 is 0.757 bits per heavy atom. The normalized spacial score (nSPS) is 14.4. The van der Waals surface area contributed by atoms with Crippen LogP contribution in [0.15, 0.2) is 0 Å². The van der Waals surface area contributed by atoms with Crippen LogP contribution in [0.4, 0.5) is 0 Å². The van der Waals surface area contributed by atoms with Gasteiger partial charge in [-0.1, -0.05) is 40.8 Å². The first-order chi connectivity index (χ1) is 16.9. The van der Waals surface area contributed by atoms with Crippen molar-refractivity contribution in [3.8, 4) is 0 Å². The monoisotopic (exact) mass is 564 g/mol. The molecular formula is C29H64O6Si2. The van der Waals surface area contributed by atoms with Crippen molar-refractivity contribution < 1.29 is 29.9 Å². The summed E-state index contributed by atoms with van der Waals surface area (Å²) in [7, 11) is -3.58. The molecule has 0 spiro atoms. The zero-order valence-corrected chi connectivity index (χ0v) is 28.2. The Hall–Kier alpha value is 0.194. The molecular weight excluding hydrogens is 500 g/mol. The number of hydrogen-bond acceptors (Lipinski definition) is 6. The van der Waals surface area contributed by atoms with Gasteiger partial charge in [-0.15, -0.1) is 0 Å². The van der Waals surface area contributed by atoms with Gasteiger partial charge in [0.1, 0.15) is 0 Å². The Labute approximate surface area is 231 Å². The van der Waals surface area contributed by atoms with E-state index < -0.39 is 16.1 Å². The molecule has 0 rings (SSSR count). The summed E-state index contributed by atoms with van der Waals surface area (Å²) in [5.41, 5.74) is -0.413. The molecule has 0 aliphatic rings. The molecule has 0 heterocycles. The third-order valence-corrected chi connectivity index (χ3v) is 22.3. The fourth-order valence-corrected chi connectivity index (χ4v) is 12.0. The largest absolute Gasteiger partial charge is 0.397 e. The van der Waals surface area contributed by atoms with Crippen molar-refractivity contribution in [2.75, 3.05) is 39.6 Å². The van der Waals surface area contributed by atoms with Crippen molar-refractivity contribution in [3.05, 3.63) is 0 Å². The van der Waals surface area contributed by atoms with E-state index in [-0.39, 0.29) is 47.7 Å². The highest BCUT2D eigenvalue weighted by Gasteiger charge is 2.43. The highest BCUT2D eigenvalue weighted by atomic mass is 28.3. The SMILES string of the molecule is CC(C)(CCCC(C)(C)OCCC(C)(C)[Si](C)(CCO)CCO)OCCC(C)(C)[Si](C)(CCO)CCO. The number of aliphatic hydroxyl groups is 4. The van der Waals surface area contributed by atoms with E-state index in [0.29, 0.717) is 13.2 Å². The molecule has 0 radical (unpaired) electrons. The first kappa shape index (κ1) is 37.2. The van der Waals surface area contributed by atoms with Gasteiger partial charge >= 0.3 is 0 Å². The zero-order valence-electron chi connectivity index (χ0n) is 26.2. The van der Waals surface area contributed by atoms with Crippen molar-refractivity contribution in [1.29, 1.82) is 0 Å². The summed E-state index contributed by atoms with van der Waals surface area (Å²) in [5, 5.41) is 38.5. The Bertz CT molecular complexity index is 558. The highest BCUT2D eigenvalue weighted by molar-refractivity contribution is 6.82. The van der Waals surface area contributed by atoms with E-state index in [4.69, 9.17) is 9.47 Å². The van der Waals surface area contributed by atoms with E-state index in [9.17, 15) is 20.4 Å². The van der Waals surface area contributed by atoms with Gasteiger partial charge in [0.25, 0.3) is 0 Å². The fraction of sp³-hybridized carbons (Fsp3) is 1.00. The zero-order chi connectivity index (χ0) is 29.0. The summed E-state index contributed by atoms with van der Waals surface area (Å²) >= 11 is 0. The Kier molecular flexibility index (Phi) is 15.9. The maximum atomic E-state index is 9.58. The van der Waals surface area contributed by atoms with Gasteiger partial charge in [0.2, 0.25) is 0 Å². The Balaban J connectivity index is 4.69. The van der Waals surface area contributed by atoms with E-state index in [2.05, 4.69) is 68.5 Å². The van der Waals surface area contributed by atoms with Crippen LogP contribution in [0.1, 0.15) is 87.5 Å². The molecule has 8 heteroatoms. The van der Waals surface area contributed by atoms with Crippen LogP contribution in [-0.2, 0) is 9.47 Å². The van der Waals surface area contributed by atoms with Gasteiger partial charge in [0.05, 0.1) is 27.3 Å². The van der Waals surface area contributed by atoms with Gasteiger partial charge in [-0.3, -0.25) is 0 Å². The summed E-state index contributed by atoms with van der Waals surface area (Å²) in [5.74, 6) is 0. The molecule has 224 valence electrons. The first-order valence-corrected chi connectivity index (χ1v) is 20.4. The quantitative estimate of drug-likeness (QED) is 0.117. The summed E-state index contributed by atoms with van der Waals surface area (Å²) in [6, 6.07) is 3.28. The minimum atomic E-state index is -1.79. The molecule has 4 N–H and O–H groups in total. The number of hydrogen-bond donors (Lipinski definition) is 4. The summed E-state index contributed by atoms with van der Waals surface area (Å²) in [4.78, 5) is 0. The third-order valence-electron chi connectivity index (χ3n) is 9.92. The lowest BCUT2D eigenvalue weighted by Gasteiger charge is -2.43. The summed E-state index contributed by atoms with van der Waals surface area (Å²) < 4.78 is 12.7. The first-order valence-electron chi connectivity index (χ1n) is 14.6. The lowest BCUT2D eigenvalue weighted by molar-refractivity contribution is -0.0476. The van der Waals surface area contributed by atoms with Crippen molar-refractivity contribution in [3.63, 3.8) is 0 Å². The average molecular weight is 565 g/mol. The van der Waals surface area contributed by atoms with Gasteiger partial charge in [-0.2, -0.15) is 0 Å². The van der Waals surface area contributed by atoms with Crippen LogP contribution in [-0.4, -0.2) is 87.4 Å². The standard InChI is InChI=1S/C29H64O6Si2/c1-26(2,34-20-14-28(5,6)36(9,22-16-30)23-17-31)12-11-13-27(3,4)35-21-15-29(7,8)37(10,24-18-32)25-19-33/h30-33H,11-25H2,1-10H3. The molecule has 0 saturated carbocycles. The van der Waals surface area contributed by atoms with Gasteiger partial charge < -0.3 is 29.9 Å². The maximum absolute atomic E-state index is 9.58. The molecule has 0 aromatic heterocycles. The van der Waals surface area contributed by atoms with Crippen LogP contribution in [0.25, 0.3) is 0 Å². The van der Waals surface area contributed by atoms with Crippen LogP contribution in [0.5, 0.6) is 0 Å². The second kappa shape index (κ2) is 15.8. The summed E-state index contributed by atoms with van der Waals surface area (Å²) in [6.45, 7) is 24.6. The van der Waals surface area contributed by atoms with Gasteiger partial charge in [-0.25, -0.2) is 0 Å². The summed E-state index contributed by atoms with van der Waals surface area (Å²) in [6.07, 6.45) is 4.84. The smallest absolute Gasteiger partial charge is 0.0626 e. The molecule has 37 heavy (non-hydrogen) atoms. The molecule has 6 nitrogen and oxygen atoms in total. The van der Waals surface area contributed by atoms with Gasteiger partial charge in [0.15, 0.2) is 0 Å². The minimum Gasteiger partial charge on any atom is -0.397 e. The van der Waals surface area contributed by atoms with E-state index in [0.717, 1.165) is 56.3 Å². The lowest BCUT2D eigenvalue weighted by Crippen LogP contribution is -2.44. The lowest BCUT2D eigenvalue weighted by atomic mass is 9.94. The molecule has 0 atom stereocenters. The van der Waals surface area contributed by atoms with E-state index >= 15 is 0 Å². The topological polar surface area (TPSA) is 99.4 Å². The van der Waals surface area contributed by atoms with Crippen LogP contribution in [0.3, 0.4) is 0 Å². The number of ether oxygens (including phenoxy) is 2. The second-order valence-electron chi connectivity index (χ2n) is 14.4. The molecule has 0 aliphatic heterocycles. The fourth-order valence-electron chi connectivity index (χ4n) is 5.44. The molecule has 0 aliphatic carbocycles. The predicted molar refractivity (Wildman–Crippen MR) is 162 cm³/mol.